The van der Waals surface area contributed by atoms with Crippen LogP contribution in [-0.2, 0) is 9.47 Å². The maximum atomic E-state index is 5.69. The summed E-state index contributed by atoms with van der Waals surface area (Å²) >= 11 is 1.88. The van der Waals surface area contributed by atoms with E-state index < -0.39 is 0 Å². The van der Waals surface area contributed by atoms with Crippen molar-refractivity contribution < 1.29 is 9.47 Å². The van der Waals surface area contributed by atoms with E-state index in [4.69, 9.17) is 9.47 Å². The highest BCUT2D eigenvalue weighted by molar-refractivity contribution is 14.0. The summed E-state index contributed by atoms with van der Waals surface area (Å²) in [5, 5.41) is 6.92. The van der Waals surface area contributed by atoms with Crippen molar-refractivity contribution in [3.63, 3.8) is 0 Å². The Morgan fingerprint density at radius 3 is 2.75 bits per heavy atom. The van der Waals surface area contributed by atoms with Crippen LogP contribution in [-0.4, -0.2) is 70.5 Å². The number of aliphatic imine (C=N–C) groups is 1. The molecule has 3 rings (SSSR count). The summed E-state index contributed by atoms with van der Waals surface area (Å²) in [6.07, 6.45) is 3.70. The van der Waals surface area contributed by atoms with Gasteiger partial charge in [0, 0.05) is 56.2 Å². The first-order valence-corrected chi connectivity index (χ1v) is 11.0. The van der Waals surface area contributed by atoms with E-state index in [2.05, 4.69) is 39.6 Å². The molecule has 0 spiro atoms. The number of hydrogen-bond acceptors (Lipinski definition) is 5. The number of nitrogens with zero attached hydrogens (tertiary/aromatic N) is 2. The maximum absolute atomic E-state index is 5.69. The summed E-state index contributed by atoms with van der Waals surface area (Å²) in [4.78, 5) is 9.65. The summed E-state index contributed by atoms with van der Waals surface area (Å²) in [6, 6.07) is 4.82. The van der Waals surface area contributed by atoms with Gasteiger partial charge in [0.15, 0.2) is 5.96 Å². The first-order valence-electron chi connectivity index (χ1n) is 10.2. The third-order valence-electron chi connectivity index (χ3n) is 5.07. The second-order valence-electron chi connectivity index (χ2n) is 7.36. The van der Waals surface area contributed by atoms with Crippen LogP contribution in [0.15, 0.2) is 17.1 Å². The standard InChI is InChI=1S/C20H34N4O2S.HI/c1-16-4-7-19(27-16)18(24-9-12-25-13-10-24)14-23-20(21-2)22-8-3-11-26-15-17-5-6-17;/h4,7,17-18H,3,5-6,8-15H2,1-2H3,(H2,21,22,23);1H. The summed E-state index contributed by atoms with van der Waals surface area (Å²) in [5.41, 5.74) is 0. The molecule has 0 amide bonds. The van der Waals surface area contributed by atoms with E-state index >= 15 is 0 Å². The molecule has 1 aromatic heterocycles. The summed E-state index contributed by atoms with van der Waals surface area (Å²) in [6.45, 7) is 9.25. The Morgan fingerprint density at radius 1 is 1.32 bits per heavy atom. The van der Waals surface area contributed by atoms with Gasteiger partial charge in [-0.05, 0) is 44.2 Å². The Hall–Kier alpha value is -0.420. The van der Waals surface area contributed by atoms with E-state index in [9.17, 15) is 0 Å². The molecule has 1 saturated heterocycles. The van der Waals surface area contributed by atoms with Gasteiger partial charge in [0.25, 0.3) is 0 Å². The highest BCUT2D eigenvalue weighted by Gasteiger charge is 2.24. The molecule has 0 radical (unpaired) electrons. The predicted octanol–water partition coefficient (Wildman–Crippen LogP) is 3.03. The number of morpholine rings is 1. The quantitative estimate of drug-likeness (QED) is 0.214. The number of rotatable bonds is 10. The van der Waals surface area contributed by atoms with Crippen molar-refractivity contribution in [2.45, 2.75) is 32.2 Å². The molecular formula is C20H35IN4O2S. The predicted molar refractivity (Wildman–Crippen MR) is 127 cm³/mol. The minimum atomic E-state index is 0. The second-order valence-corrected chi connectivity index (χ2v) is 8.68. The summed E-state index contributed by atoms with van der Waals surface area (Å²) in [5.74, 6) is 1.70. The van der Waals surface area contributed by atoms with Crippen LogP contribution in [0.5, 0.6) is 0 Å². The number of nitrogens with one attached hydrogen (secondary N) is 2. The zero-order valence-electron chi connectivity index (χ0n) is 17.1. The molecule has 1 atom stereocenters. The lowest BCUT2D eigenvalue weighted by atomic mass is 10.2. The van der Waals surface area contributed by atoms with Crippen molar-refractivity contribution in [1.82, 2.24) is 15.5 Å². The van der Waals surface area contributed by atoms with E-state index in [1.165, 1.54) is 22.6 Å². The Morgan fingerprint density at radius 2 is 2.11 bits per heavy atom. The number of guanidine groups is 1. The normalized spacial score (nSPS) is 19.1. The molecule has 1 aliphatic carbocycles. The average molecular weight is 522 g/mol. The fourth-order valence-corrected chi connectivity index (χ4v) is 4.27. The van der Waals surface area contributed by atoms with E-state index in [0.29, 0.717) is 6.04 Å². The van der Waals surface area contributed by atoms with E-state index in [-0.39, 0.29) is 24.0 Å². The van der Waals surface area contributed by atoms with Crippen molar-refractivity contribution in [2.75, 3.05) is 59.7 Å². The molecule has 8 heteroatoms. The monoisotopic (exact) mass is 522 g/mol. The SMILES string of the molecule is CN=C(NCCCOCC1CC1)NCC(c1ccc(C)s1)N1CCOCC1.I. The minimum absolute atomic E-state index is 0. The van der Waals surface area contributed by atoms with Gasteiger partial charge in [0.1, 0.15) is 0 Å². The number of ether oxygens (including phenoxy) is 2. The number of aryl methyl sites for hydroxylation is 1. The van der Waals surface area contributed by atoms with Crippen molar-refractivity contribution in [2.24, 2.45) is 10.9 Å². The van der Waals surface area contributed by atoms with Crippen molar-refractivity contribution in [3.05, 3.63) is 21.9 Å². The van der Waals surface area contributed by atoms with Gasteiger partial charge >= 0.3 is 0 Å². The molecule has 6 nitrogen and oxygen atoms in total. The molecule has 0 bridgehead atoms. The lowest BCUT2D eigenvalue weighted by Crippen LogP contribution is -2.46. The molecule has 28 heavy (non-hydrogen) atoms. The molecule has 2 fully saturated rings. The van der Waals surface area contributed by atoms with Crippen LogP contribution >= 0.6 is 35.3 Å². The second kappa shape index (κ2) is 13.0. The van der Waals surface area contributed by atoms with Crippen LogP contribution in [0, 0.1) is 12.8 Å². The number of halogens is 1. The van der Waals surface area contributed by atoms with Gasteiger partial charge in [-0.2, -0.15) is 0 Å². The zero-order chi connectivity index (χ0) is 18.9. The molecule has 160 valence electrons. The summed E-state index contributed by atoms with van der Waals surface area (Å²) < 4.78 is 11.2. The topological polar surface area (TPSA) is 58.1 Å². The molecular weight excluding hydrogens is 487 g/mol. The van der Waals surface area contributed by atoms with Crippen LogP contribution in [0.2, 0.25) is 0 Å². The van der Waals surface area contributed by atoms with Crippen LogP contribution in [0.3, 0.4) is 0 Å². The highest BCUT2D eigenvalue weighted by Crippen LogP contribution is 2.29. The summed E-state index contributed by atoms with van der Waals surface area (Å²) in [7, 11) is 1.83. The molecule has 2 heterocycles. The van der Waals surface area contributed by atoms with Crippen LogP contribution in [0.4, 0.5) is 0 Å². The van der Waals surface area contributed by atoms with Gasteiger partial charge in [-0.1, -0.05) is 0 Å². The third-order valence-corrected chi connectivity index (χ3v) is 6.17. The Kier molecular flexibility index (Phi) is 11.1. The molecule has 1 saturated carbocycles. The highest BCUT2D eigenvalue weighted by atomic mass is 127. The van der Waals surface area contributed by atoms with Gasteiger partial charge in [-0.3, -0.25) is 9.89 Å². The Bertz CT molecular complexity index is 589. The first kappa shape index (κ1) is 23.9. The molecule has 0 aromatic carbocycles. The number of thiophene rings is 1. The van der Waals surface area contributed by atoms with Crippen molar-refractivity contribution in [3.8, 4) is 0 Å². The zero-order valence-corrected chi connectivity index (χ0v) is 20.3. The molecule has 2 aliphatic rings. The Balaban J connectivity index is 0.00000280. The lowest BCUT2D eigenvalue weighted by Gasteiger charge is -2.34. The van der Waals surface area contributed by atoms with Crippen LogP contribution in [0.25, 0.3) is 0 Å². The van der Waals surface area contributed by atoms with Gasteiger partial charge in [0.05, 0.1) is 19.3 Å². The smallest absolute Gasteiger partial charge is 0.191 e. The minimum Gasteiger partial charge on any atom is -0.381 e. The van der Waals surface area contributed by atoms with Gasteiger partial charge in [0.2, 0.25) is 0 Å². The fraction of sp³-hybridized carbons (Fsp3) is 0.750. The molecule has 1 aromatic rings. The largest absolute Gasteiger partial charge is 0.381 e. The molecule has 2 N–H and O–H groups in total. The van der Waals surface area contributed by atoms with Crippen LogP contribution < -0.4 is 10.6 Å². The lowest BCUT2D eigenvalue weighted by molar-refractivity contribution is 0.0177. The van der Waals surface area contributed by atoms with E-state index in [0.717, 1.165) is 70.9 Å². The maximum Gasteiger partial charge on any atom is 0.191 e. The van der Waals surface area contributed by atoms with Crippen molar-refractivity contribution in [1.29, 1.82) is 0 Å². The Labute approximate surface area is 190 Å². The third kappa shape index (κ3) is 8.14. The fourth-order valence-electron chi connectivity index (χ4n) is 3.26. The molecule has 1 unspecified atom stereocenters. The van der Waals surface area contributed by atoms with Crippen molar-refractivity contribution >= 4 is 41.3 Å². The van der Waals surface area contributed by atoms with Gasteiger partial charge in [-0.15, -0.1) is 35.3 Å². The first-order chi connectivity index (χ1) is 13.3. The average Bonchev–Trinajstić information content (AvgIpc) is 3.43. The van der Waals surface area contributed by atoms with Crippen LogP contribution in [0.1, 0.15) is 35.1 Å². The van der Waals surface area contributed by atoms with E-state index in [1.54, 1.807) is 0 Å². The van der Waals surface area contributed by atoms with Gasteiger partial charge in [-0.25, -0.2) is 0 Å². The van der Waals surface area contributed by atoms with Gasteiger partial charge < -0.3 is 20.1 Å². The van der Waals surface area contributed by atoms with E-state index in [1.807, 2.05) is 18.4 Å². The number of hydrogen-bond donors (Lipinski definition) is 2. The molecule has 1 aliphatic heterocycles.